The molecular formula is C41H64O5. The van der Waals surface area contributed by atoms with E-state index in [1.54, 1.807) is 6.92 Å². The highest BCUT2D eigenvalue weighted by molar-refractivity contribution is 5.86. The maximum Gasteiger partial charge on any atom is 0.333 e. The van der Waals surface area contributed by atoms with Gasteiger partial charge in [-0.15, -0.1) is 0 Å². The highest BCUT2D eigenvalue weighted by atomic mass is 16.5. The van der Waals surface area contributed by atoms with Gasteiger partial charge in [-0.2, -0.15) is 0 Å². The Morgan fingerprint density at radius 1 is 0.826 bits per heavy atom. The minimum Gasteiger partial charge on any atom is -0.462 e. The van der Waals surface area contributed by atoms with Gasteiger partial charge in [0.15, 0.2) is 0 Å². The fourth-order valence-corrected chi connectivity index (χ4v) is 5.57. The number of benzene rings is 2. The van der Waals surface area contributed by atoms with Gasteiger partial charge in [-0.3, -0.25) is 0 Å². The number of carbonyl (C=O) groups is 1. The van der Waals surface area contributed by atoms with E-state index in [1.165, 1.54) is 66.3 Å². The number of ether oxygens (including phenoxy) is 1. The molecule has 2 aromatic rings. The van der Waals surface area contributed by atoms with Crippen LogP contribution in [0, 0.1) is 11.3 Å². The molecule has 1 atom stereocenters. The van der Waals surface area contributed by atoms with E-state index >= 15 is 0 Å². The molecule has 0 aliphatic carbocycles. The molecule has 3 N–H and O–H groups in total. The molecule has 5 heteroatoms. The molecule has 2 rings (SSSR count). The minimum absolute atomic E-state index is 0.00475. The Bertz CT molecular complexity index is 1150. The van der Waals surface area contributed by atoms with E-state index in [0.29, 0.717) is 25.0 Å². The van der Waals surface area contributed by atoms with Crippen molar-refractivity contribution in [1.82, 2.24) is 0 Å². The van der Waals surface area contributed by atoms with E-state index < -0.39 is 0 Å². The molecule has 0 fully saturated rings. The van der Waals surface area contributed by atoms with Crippen LogP contribution >= 0.6 is 0 Å². The van der Waals surface area contributed by atoms with Gasteiger partial charge in [0.1, 0.15) is 0 Å². The van der Waals surface area contributed by atoms with Crippen LogP contribution in [-0.4, -0.2) is 47.7 Å². The van der Waals surface area contributed by atoms with Crippen molar-refractivity contribution in [2.45, 2.75) is 118 Å². The summed E-state index contributed by atoms with van der Waals surface area (Å²) in [6.07, 6.45) is 14.4. The van der Waals surface area contributed by atoms with Gasteiger partial charge in [-0.05, 0) is 86.1 Å². The highest BCUT2D eigenvalue weighted by Crippen LogP contribution is 2.31. The van der Waals surface area contributed by atoms with Crippen molar-refractivity contribution in [2.75, 3.05) is 26.4 Å². The number of carbonyl (C=O) groups excluding carboxylic acids is 1. The topological polar surface area (TPSA) is 87.0 Å². The second-order valence-electron chi connectivity index (χ2n) is 13.3. The summed E-state index contributed by atoms with van der Waals surface area (Å²) in [7, 11) is 0. The Balaban J connectivity index is 0.000000818. The van der Waals surface area contributed by atoms with Crippen LogP contribution in [0.5, 0.6) is 0 Å². The molecular weight excluding hydrogens is 572 g/mol. The maximum absolute atomic E-state index is 11.9. The summed E-state index contributed by atoms with van der Waals surface area (Å²) in [5.74, 6) is -0.357. The summed E-state index contributed by atoms with van der Waals surface area (Å²) < 4.78 is 5.52. The monoisotopic (exact) mass is 636 g/mol. The van der Waals surface area contributed by atoms with Crippen LogP contribution in [0.4, 0.5) is 0 Å². The summed E-state index contributed by atoms with van der Waals surface area (Å²) in [4.78, 5) is 11.9. The number of esters is 1. The molecule has 1 unspecified atom stereocenters. The molecule has 0 amide bonds. The highest BCUT2D eigenvalue weighted by Gasteiger charge is 2.25. The molecule has 46 heavy (non-hydrogen) atoms. The zero-order valence-electron chi connectivity index (χ0n) is 29.7. The Labute approximate surface area is 280 Å². The van der Waals surface area contributed by atoms with Crippen molar-refractivity contribution in [2.24, 2.45) is 11.3 Å². The third-order valence-corrected chi connectivity index (χ3v) is 8.84. The second-order valence-corrected chi connectivity index (χ2v) is 13.3. The van der Waals surface area contributed by atoms with Crippen molar-refractivity contribution in [3.05, 3.63) is 83.5 Å². The third-order valence-electron chi connectivity index (χ3n) is 8.84. The molecule has 0 aliphatic heterocycles. The molecule has 5 nitrogen and oxygen atoms in total. The lowest BCUT2D eigenvalue weighted by molar-refractivity contribution is -0.142. The Morgan fingerprint density at radius 3 is 2.04 bits per heavy atom. The van der Waals surface area contributed by atoms with E-state index in [-0.39, 0.29) is 37.1 Å². The first-order valence-corrected chi connectivity index (χ1v) is 17.6. The SMILES string of the molecule is C=C(C)C(=O)OCC(C)(CCC)CCc1ccc(-c2ccc(CCCCCCC)c(CC)c2)cc1.C=C(CO)CCC(CO)CO. The van der Waals surface area contributed by atoms with Crippen molar-refractivity contribution in [3.63, 3.8) is 0 Å². The number of unbranched alkanes of at least 4 members (excludes halogenated alkanes) is 4. The van der Waals surface area contributed by atoms with Crippen LogP contribution in [0.25, 0.3) is 11.1 Å². The van der Waals surface area contributed by atoms with E-state index in [2.05, 4.69) is 83.3 Å². The first kappa shape index (κ1) is 41.3. The zero-order valence-corrected chi connectivity index (χ0v) is 29.7. The van der Waals surface area contributed by atoms with Crippen LogP contribution in [-0.2, 0) is 28.8 Å². The van der Waals surface area contributed by atoms with Gasteiger partial charge >= 0.3 is 5.97 Å². The second kappa shape index (κ2) is 23.6. The third kappa shape index (κ3) is 16.2. The average Bonchev–Trinajstić information content (AvgIpc) is 3.07. The zero-order chi connectivity index (χ0) is 34.4. The quantitative estimate of drug-likeness (QED) is 0.0519. The number of aliphatic hydroxyl groups excluding tert-OH is 3. The molecule has 0 heterocycles. The lowest BCUT2D eigenvalue weighted by Gasteiger charge is -2.29. The Morgan fingerprint density at radius 2 is 1.48 bits per heavy atom. The number of aryl methyl sites for hydroxylation is 3. The summed E-state index contributed by atoms with van der Waals surface area (Å²) in [6, 6.07) is 16.1. The van der Waals surface area contributed by atoms with Gasteiger partial charge in [0.05, 0.1) is 13.2 Å². The lowest BCUT2D eigenvalue weighted by atomic mass is 9.81. The standard InChI is InChI=1S/C33H48O2.C8H16O3/c1-7-10-11-12-13-14-29-19-20-31(24-28(29)9-3)30-17-15-27(16-18-30)21-23-33(6,22-8-2)25-35-32(34)26(4)5;1-7(4-9)2-3-8(5-10)6-11/h15-20,24H,4,7-14,21-23,25H2,1-3,5-6H3;8-11H,1-6H2. The van der Waals surface area contributed by atoms with Crippen LogP contribution in [0.3, 0.4) is 0 Å². The molecule has 0 saturated heterocycles. The van der Waals surface area contributed by atoms with Crippen LogP contribution in [0.1, 0.15) is 116 Å². The average molecular weight is 637 g/mol. The molecule has 0 bridgehead atoms. The Kier molecular flexibility index (Phi) is 21.2. The number of aliphatic hydroxyl groups is 3. The summed E-state index contributed by atoms with van der Waals surface area (Å²) in [6.45, 7) is 18.4. The van der Waals surface area contributed by atoms with Gasteiger partial charge in [0.2, 0.25) is 0 Å². The van der Waals surface area contributed by atoms with Gasteiger partial charge in [-0.1, -0.05) is 121 Å². The molecule has 0 radical (unpaired) electrons. The normalized spacial score (nSPS) is 12.3. The molecule has 0 saturated carbocycles. The Hall–Kier alpha value is -2.73. The van der Waals surface area contributed by atoms with Gasteiger partial charge in [-0.25, -0.2) is 4.79 Å². The van der Waals surface area contributed by atoms with Crippen LogP contribution < -0.4 is 0 Å². The fraction of sp³-hybridized carbons (Fsp3) is 0.585. The van der Waals surface area contributed by atoms with Crippen molar-refractivity contribution < 1.29 is 24.9 Å². The molecule has 0 aromatic heterocycles. The van der Waals surface area contributed by atoms with Gasteiger partial charge in [0.25, 0.3) is 0 Å². The maximum atomic E-state index is 11.9. The smallest absolute Gasteiger partial charge is 0.333 e. The molecule has 0 spiro atoms. The van der Waals surface area contributed by atoms with Crippen molar-refractivity contribution in [3.8, 4) is 11.1 Å². The fourth-order valence-electron chi connectivity index (χ4n) is 5.57. The molecule has 2 aromatic carbocycles. The van der Waals surface area contributed by atoms with E-state index in [0.717, 1.165) is 37.7 Å². The number of hydrogen-bond acceptors (Lipinski definition) is 5. The predicted molar refractivity (Wildman–Crippen MR) is 194 cm³/mol. The van der Waals surface area contributed by atoms with Crippen LogP contribution in [0.15, 0.2) is 66.8 Å². The lowest BCUT2D eigenvalue weighted by Crippen LogP contribution is -2.26. The minimum atomic E-state index is -0.286. The van der Waals surface area contributed by atoms with E-state index in [9.17, 15) is 4.79 Å². The summed E-state index contributed by atoms with van der Waals surface area (Å²) in [5, 5.41) is 25.9. The molecule has 0 aliphatic rings. The predicted octanol–water partition coefficient (Wildman–Crippen LogP) is 9.20. The molecule has 258 valence electrons. The van der Waals surface area contributed by atoms with Crippen molar-refractivity contribution in [1.29, 1.82) is 0 Å². The largest absolute Gasteiger partial charge is 0.462 e. The summed E-state index contributed by atoms with van der Waals surface area (Å²) >= 11 is 0. The first-order chi connectivity index (χ1) is 22.1. The van der Waals surface area contributed by atoms with Gasteiger partial charge in [0, 0.05) is 30.1 Å². The van der Waals surface area contributed by atoms with Crippen molar-refractivity contribution >= 4 is 5.97 Å². The first-order valence-electron chi connectivity index (χ1n) is 17.6. The van der Waals surface area contributed by atoms with E-state index in [1.807, 2.05) is 0 Å². The number of rotatable bonds is 22. The van der Waals surface area contributed by atoms with Gasteiger partial charge < -0.3 is 20.1 Å². The van der Waals surface area contributed by atoms with E-state index in [4.69, 9.17) is 20.1 Å². The summed E-state index contributed by atoms with van der Waals surface area (Å²) in [5.41, 5.74) is 8.13. The number of hydrogen-bond donors (Lipinski definition) is 3. The van der Waals surface area contributed by atoms with Crippen LogP contribution in [0.2, 0.25) is 0 Å².